The van der Waals surface area contributed by atoms with Crippen molar-refractivity contribution in [1.29, 1.82) is 0 Å². The minimum atomic E-state index is -0.706. The van der Waals surface area contributed by atoms with Gasteiger partial charge in [0.25, 0.3) is 0 Å². The van der Waals surface area contributed by atoms with Crippen molar-refractivity contribution in [2.24, 2.45) is 10.7 Å². The van der Waals surface area contributed by atoms with Crippen molar-refractivity contribution < 1.29 is 4.21 Å². The van der Waals surface area contributed by atoms with Crippen LogP contribution in [0.25, 0.3) is 0 Å². The Morgan fingerprint density at radius 3 is 2.85 bits per heavy atom. The van der Waals surface area contributed by atoms with Crippen LogP contribution >= 0.6 is 0 Å². The van der Waals surface area contributed by atoms with Gasteiger partial charge >= 0.3 is 0 Å². The number of guanidine groups is 1. The van der Waals surface area contributed by atoms with E-state index in [4.69, 9.17) is 5.73 Å². The summed E-state index contributed by atoms with van der Waals surface area (Å²) in [7, 11) is -0.706. The van der Waals surface area contributed by atoms with Gasteiger partial charge in [-0.05, 0) is 12.8 Å². The molecule has 1 unspecified atom stereocenters. The summed E-state index contributed by atoms with van der Waals surface area (Å²) in [4.78, 5) is 4.07. The molecule has 3 N–H and O–H groups in total. The molecule has 0 amide bonds. The van der Waals surface area contributed by atoms with E-state index in [9.17, 15) is 4.21 Å². The first-order valence-corrected chi connectivity index (χ1v) is 6.23. The molecule has 0 aromatic carbocycles. The fourth-order valence-corrected chi connectivity index (χ4v) is 1.33. The maximum atomic E-state index is 10.7. The highest BCUT2D eigenvalue weighted by atomic mass is 32.2. The summed E-state index contributed by atoms with van der Waals surface area (Å²) in [6.45, 7) is 3.56. The molecule has 1 atom stereocenters. The lowest BCUT2D eigenvalue weighted by molar-refractivity contribution is 0.683. The molecule has 0 fully saturated rings. The Hall–Kier alpha value is -0.580. The van der Waals surface area contributed by atoms with Crippen molar-refractivity contribution in [3.05, 3.63) is 0 Å². The summed E-state index contributed by atoms with van der Waals surface area (Å²) in [6, 6.07) is 0. The van der Waals surface area contributed by atoms with Gasteiger partial charge in [0.2, 0.25) is 0 Å². The van der Waals surface area contributed by atoms with Gasteiger partial charge in [0, 0.05) is 35.9 Å². The highest BCUT2D eigenvalue weighted by Gasteiger charge is 1.92. The second-order valence-electron chi connectivity index (χ2n) is 2.82. The molecule has 0 saturated carbocycles. The average Bonchev–Trinajstić information content (AvgIpc) is 2.08. The molecule has 0 radical (unpaired) electrons. The van der Waals surface area contributed by atoms with Crippen LogP contribution in [0.5, 0.6) is 0 Å². The molecule has 0 rings (SSSR count). The van der Waals surface area contributed by atoms with E-state index in [0.717, 1.165) is 25.9 Å². The first-order chi connectivity index (χ1) is 6.16. The lowest BCUT2D eigenvalue weighted by atomic mass is 10.5. The Morgan fingerprint density at radius 1 is 1.62 bits per heavy atom. The Labute approximate surface area is 82.5 Å². The van der Waals surface area contributed by atoms with Gasteiger partial charge in [0.15, 0.2) is 5.96 Å². The SMILES string of the molecule is CCCN=C(N)NCCCS(C)=O. The molecule has 0 heterocycles. The molecule has 0 aliphatic carbocycles. The summed E-state index contributed by atoms with van der Waals surface area (Å²) >= 11 is 0. The maximum absolute atomic E-state index is 10.7. The third-order valence-electron chi connectivity index (χ3n) is 1.42. The molecule has 78 valence electrons. The quantitative estimate of drug-likeness (QED) is 0.366. The van der Waals surface area contributed by atoms with E-state index in [1.54, 1.807) is 6.26 Å². The van der Waals surface area contributed by atoms with E-state index in [-0.39, 0.29) is 0 Å². The van der Waals surface area contributed by atoms with Crippen LogP contribution in [0.3, 0.4) is 0 Å². The topological polar surface area (TPSA) is 67.5 Å². The van der Waals surface area contributed by atoms with E-state index in [2.05, 4.69) is 17.2 Å². The van der Waals surface area contributed by atoms with Gasteiger partial charge in [-0.25, -0.2) is 0 Å². The third kappa shape index (κ3) is 9.33. The zero-order valence-corrected chi connectivity index (χ0v) is 9.19. The molecule has 0 saturated heterocycles. The van der Waals surface area contributed by atoms with E-state index in [1.807, 2.05) is 0 Å². The zero-order chi connectivity index (χ0) is 10.1. The van der Waals surface area contributed by atoms with Crippen molar-refractivity contribution in [3.63, 3.8) is 0 Å². The Morgan fingerprint density at radius 2 is 2.31 bits per heavy atom. The van der Waals surface area contributed by atoms with Gasteiger partial charge in [-0.15, -0.1) is 0 Å². The lowest BCUT2D eigenvalue weighted by Crippen LogP contribution is -2.33. The monoisotopic (exact) mass is 205 g/mol. The predicted molar refractivity (Wildman–Crippen MR) is 58.3 cm³/mol. The smallest absolute Gasteiger partial charge is 0.188 e. The van der Waals surface area contributed by atoms with Crippen LogP contribution in [0.1, 0.15) is 19.8 Å². The van der Waals surface area contributed by atoms with Crippen molar-refractivity contribution in [3.8, 4) is 0 Å². The molecular formula is C8H19N3OS. The van der Waals surface area contributed by atoms with E-state index < -0.39 is 10.8 Å². The molecular weight excluding hydrogens is 186 g/mol. The van der Waals surface area contributed by atoms with Crippen LogP contribution in [0, 0.1) is 0 Å². The molecule has 13 heavy (non-hydrogen) atoms. The fraction of sp³-hybridized carbons (Fsp3) is 0.875. The van der Waals surface area contributed by atoms with Crippen molar-refractivity contribution in [2.75, 3.05) is 25.1 Å². The van der Waals surface area contributed by atoms with Crippen LogP contribution in [-0.2, 0) is 10.8 Å². The predicted octanol–water partition coefficient (Wildman–Crippen LogP) is 0.0693. The van der Waals surface area contributed by atoms with Gasteiger partial charge in [0.05, 0.1) is 0 Å². The van der Waals surface area contributed by atoms with Gasteiger partial charge in [0.1, 0.15) is 0 Å². The van der Waals surface area contributed by atoms with Crippen molar-refractivity contribution in [2.45, 2.75) is 19.8 Å². The lowest BCUT2D eigenvalue weighted by Gasteiger charge is -2.03. The summed E-state index contributed by atoms with van der Waals surface area (Å²) in [6.07, 6.45) is 3.57. The third-order valence-corrected chi connectivity index (χ3v) is 2.28. The number of nitrogens with zero attached hydrogens (tertiary/aromatic N) is 1. The van der Waals surface area contributed by atoms with Crippen LogP contribution < -0.4 is 11.1 Å². The molecule has 0 aromatic rings. The molecule has 0 aromatic heterocycles. The van der Waals surface area contributed by atoms with Gasteiger partial charge in [-0.2, -0.15) is 0 Å². The first-order valence-electron chi connectivity index (χ1n) is 4.50. The minimum Gasteiger partial charge on any atom is -0.370 e. The molecule has 0 bridgehead atoms. The largest absolute Gasteiger partial charge is 0.370 e. The zero-order valence-electron chi connectivity index (χ0n) is 8.38. The number of aliphatic imine (C=N–C) groups is 1. The maximum Gasteiger partial charge on any atom is 0.188 e. The Bertz CT molecular complexity index is 182. The van der Waals surface area contributed by atoms with Crippen LogP contribution in [-0.4, -0.2) is 35.3 Å². The van der Waals surface area contributed by atoms with E-state index in [0.29, 0.717) is 11.7 Å². The first kappa shape index (κ1) is 12.4. The number of nitrogens with two attached hydrogens (primary N) is 1. The fourth-order valence-electron chi connectivity index (χ4n) is 0.780. The van der Waals surface area contributed by atoms with Gasteiger partial charge in [-0.3, -0.25) is 9.20 Å². The summed E-state index contributed by atoms with van der Waals surface area (Å²) in [5.74, 6) is 1.21. The van der Waals surface area contributed by atoms with Crippen molar-refractivity contribution >= 4 is 16.8 Å². The second kappa shape index (κ2) is 8.04. The van der Waals surface area contributed by atoms with Crippen molar-refractivity contribution in [1.82, 2.24) is 5.32 Å². The van der Waals surface area contributed by atoms with Gasteiger partial charge in [-0.1, -0.05) is 6.92 Å². The molecule has 4 nitrogen and oxygen atoms in total. The normalized spacial score (nSPS) is 14.2. The number of nitrogens with one attached hydrogen (secondary N) is 1. The second-order valence-corrected chi connectivity index (χ2v) is 4.38. The molecule has 5 heteroatoms. The Balaban J connectivity index is 3.36. The average molecular weight is 205 g/mol. The summed E-state index contributed by atoms with van der Waals surface area (Å²) in [5.41, 5.74) is 5.54. The van der Waals surface area contributed by atoms with E-state index in [1.165, 1.54) is 0 Å². The molecule has 0 spiro atoms. The number of rotatable bonds is 6. The number of hydrogen-bond acceptors (Lipinski definition) is 2. The summed E-state index contributed by atoms with van der Waals surface area (Å²) < 4.78 is 10.7. The minimum absolute atomic E-state index is 0.490. The van der Waals surface area contributed by atoms with Crippen LogP contribution in [0.2, 0.25) is 0 Å². The van der Waals surface area contributed by atoms with E-state index >= 15 is 0 Å². The molecule has 0 aliphatic heterocycles. The summed E-state index contributed by atoms with van der Waals surface area (Å²) in [5, 5.41) is 2.97. The van der Waals surface area contributed by atoms with Crippen LogP contribution in [0.15, 0.2) is 4.99 Å². The highest BCUT2D eigenvalue weighted by Crippen LogP contribution is 1.81. The highest BCUT2D eigenvalue weighted by molar-refractivity contribution is 7.84. The van der Waals surface area contributed by atoms with Crippen LogP contribution in [0.4, 0.5) is 0 Å². The number of hydrogen-bond donors (Lipinski definition) is 2. The standard InChI is InChI=1S/C8H19N3OS/c1-3-5-10-8(9)11-6-4-7-13(2)12/h3-7H2,1-2H3,(H3,9,10,11). The molecule has 0 aliphatic rings. The Kier molecular flexibility index (Phi) is 7.68. The van der Waals surface area contributed by atoms with Gasteiger partial charge < -0.3 is 11.1 Å².